The Labute approximate surface area is 267 Å². The van der Waals surface area contributed by atoms with Crippen molar-refractivity contribution >= 4 is 5.91 Å². The molecule has 0 aromatic carbocycles. The number of unbranched alkanes of at least 4 members (excludes halogenated alkanes) is 19. The van der Waals surface area contributed by atoms with Crippen LogP contribution in [-0.4, -0.2) is 34.9 Å². The van der Waals surface area contributed by atoms with E-state index in [-0.39, 0.29) is 12.5 Å². The summed E-state index contributed by atoms with van der Waals surface area (Å²) in [6.07, 6.45) is 46.2. The van der Waals surface area contributed by atoms with Crippen LogP contribution in [0.15, 0.2) is 48.6 Å². The quantitative estimate of drug-likeness (QED) is 0.0530. The average molecular weight is 602 g/mol. The standard InChI is InChI=1S/C39H71NO3/c1-3-5-7-9-11-13-15-17-18-19-20-21-23-24-26-28-30-32-34-38(42)37(36-41)40-39(43)35-33-31-29-27-25-22-16-14-12-10-8-6-4-2/h8,10,14,16,24,26,32,34,37-38,41-42H,3-7,9,11-13,15,17-23,25,27-31,33,35-36H2,1-2H3,(H,40,43)/b10-8-,16-14-,26-24+,34-32+. The molecule has 0 fully saturated rings. The van der Waals surface area contributed by atoms with E-state index < -0.39 is 12.1 Å². The molecule has 3 N–H and O–H groups in total. The highest BCUT2D eigenvalue weighted by atomic mass is 16.3. The summed E-state index contributed by atoms with van der Waals surface area (Å²) in [5.74, 6) is -0.0914. The minimum atomic E-state index is -0.867. The van der Waals surface area contributed by atoms with E-state index >= 15 is 0 Å². The van der Waals surface area contributed by atoms with Gasteiger partial charge in [-0.25, -0.2) is 0 Å². The average Bonchev–Trinajstić information content (AvgIpc) is 3.01. The van der Waals surface area contributed by atoms with E-state index in [9.17, 15) is 15.0 Å². The van der Waals surface area contributed by atoms with Crippen LogP contribution in [0.3, 0.4) is 0 Å². The van der Waals surface area contributed by atoms with Gasteiger partial charge in [0.1, 0.15) is 0 Å². The topological polar surface area (TPSA) is 69.6 Å². The number of nitrogens with one attached hydrogen (secondary N) is 1. The minimum absolute atomic E-state index is 0.0914. The Hall–Kier alpha value is -1.65. The molecule has 0 aromatic heterocycles. The second kappa shape index (κ2) is 34.8. The maximum Gasteiger partial charge on any atom is 0.220 e. The Morgan fingerprint density at radius 3 is 1.58 bits per heavy atom. The first kappa shape index (κ1) is 41.4. The summed E-state index contributed by atoms with van der Waals surface area (Å²) >= 11 is 0. The lowest BCUT2D eigenvalue weighted by atomic mass is 10.0. The number of hydrogen-bond acceptors (Lipinski definition) is 3. The third-order valence-electron chi connectivity index (χ3n) is 8.02. The molecule has 0 saturated carbocycles. The van der Waals surface area contributed by atoms with Crippen molar-refractivity contribution in [1.82, 2.24) is 5.32 Å². The summed E-state index contributed by atoms with van der Waals surface area (Å²) in [4.78, 5) is 12.3. The Bertz CT molecular complexity index is 697. The van der Waals surface area contributed by atoms with Gasteiger partial charge in [0, 0.05) is 6.42 Å². The molecule has 250 valence electrons. The molecule has 0 radical (unpaired) electrons. The molecule has 0 aliphatic carbocycles. The number of rotatable bonds is 32. The lowest BCUT2D eigenvalue weighted by Crippen LogP contribution is -2.45. The van der Waals surface area contributed by atoms with Gasteiger partial charge >= 0.3 is 0 Å². The normalized spacial score (nSPS) is 13.7. The molecule has 0 spiro atoms. The van der Waals surface area contributed by atoms with Gasteiger partial charge in [0.05, 0.1) is 18.8 Å². The monoisotopic (exact) mass is 602 g/mol. The van der Waals surface area contributed by atoms with Gasteiger partial charge in [0.2, 0.25) is 5.91 Å². The van der Waals surface area contributed by atoms with Crippen LogP contribution in [0.4, 0.5) is 0 Å². The lowest BCUT2D eigenvalue weighted by molar-refractivity contribution is -0.123. The molecule has 2 atom stereocenters. The molecular formula is C39H71NO3. The van der Waals surface area contributed by atoms with Crippen molar-refractivity contribution in [3.05, 3.63) is 48.6 Å². The third kappa shape index (κ3) is 31.6. The van der Waals surface area contributed by atoms with Crippen molar-refractivity contribution in [2.24, 2.45) is 0 Å². The zero-order valence-corrected chi connectivity index (χ0v) is 28.5. The van der Waals surface area contributed by atoms with Gasteiger partial charge in [0.15, 0.2) is 0 Å². The van der Waals surface area contributed by atoms with Crippen molar-refractivity contribution in [1.29, 1.82) is 0 Å². The summed E-state index contributed by atoms with van der Waals surface area (Å²) in [6.45, 7) is 4.21. The molecule has 0 aliphatic rings. The van der Waals surface area contributed by atoms with Gasteiger partial charge in [-0.2, -0.15) is 0 Å². The summed E-state index contributed by atoms with van der Waals surface area (Å²) < 4.78 is 0. The first-order chi connectivity index (χ1) is 21.2. The maximum absolute atomic E-state index is 12.3. The summed E-state index contributed by atoms with van der Waals surface area (Å²) in [7, 11) is 0. The van der Waals surface area contributed by atoms with Crippen LogP contribution >= 0.6 is 0 Å². The Morgan fingerprint density at radius 2 is 1.02 bits per heavy atom. The van der Waals surface area contributed by atoms with Crippen molar-refractivity contribution in [2.75, 3.05) is 6.61 Å². The van der Waals surface area contributed by atoms with Gasteiger partial charge in [-0.3, -0.25) is 4.79 Å². The van der Waals surface area contributed by atoms with Gasteiger partial charge in [-0.1, -0.05) is 159 Å². The summed E-state index contributed by atoms with van der Waals surface area (Å²) in [5.41, 5.74) is 0. The van der Waals surface area contributed by atoms with E-state index in [2.05, 4.69) is 55.6 Å². The molecule has 0 heterocycles. The van der Waals surface area contributed by atoms with Crippen LogP contribution in [-0.2, 0) is 4.79 Å². The number of aliphatic hydroxyl groups excluding tert-OH is 2. The first-order valence-corrected chi connectivity index (χ1v) is 18.4. The summed E-state index contributed by atoms with van der Waals surface area (Å²) in [6, 6.07) is -0.645. The Morgan fingerprint density at radius 1 is 0.558 bits per heavy atom. The molecule has 2 unspecified atom stereocenters. The largest absolute Gasteiger partial charge is 0.394 e. The third-order valence-corrected chi connectivity index (χ3v) is 8.02. The van der Waals surface area contributed by atoms with Crippen molar-refractivity contribution in [2.45, 2.75) is 187 Å². The second-order valence-electron chi connectivity index (χ2n) is 12.3. The van der Waals surface area contributed by atoms with Crippen LogP contribution in [0.5, 0.6) is 0 Å². The molecule has 0 aliphatic heterocycles. The number of amides is 1. The molecule has 0 aromatic rings. The molecule has 4 heteroatoms. The van der Waals surface area contributed by atoms with Crippen molar-refractivity contribution < 1.29 is 15.0 Å². The van der Waals surface area contributed by atoms with Crippen LogP contribution < -0.4 is 5.32 Å². The van der Waals surface area contributed by atoms with Gasteiger partial charge in [-0.05, 0) is 57.8 Å². The molecule has 4 nitrogen and oxygen atoms in total. The molecule has 1 amide bonds. The molecular weight excluding hydrogens is 530 g/mol. The van der Waals surface area contributed by atoms with Crippen LogP contribution in [0.1, 0.15) is 174 Å². The molecule has 0 rings (SSSR count). The zero-order chi connectivity index (χ0) is 31.5. The fourth-order valence-electron chi connectivity index (χ4n) is 5.17. The highest BCUT2D eigenvalue weighted by Crippen LogP contribution is 2.13. The fourth-order valence-corrected chi connectivity index (χ4v) is 5.17. The van der Waals surface area contributed by atoms with E-state index in [1.807, 2.05) is 6.08 Å². The van der Waals surface area contributed by atoms with Crippen molar-refractivity contribution in [3.8, 4) is 0 Å². The predicted molar refractivity (Wildman–Crippen MR) is 188 cm³/mol. The predicted octanol–water partition coefficient (Wildman–Crippen LogP) is 10.8. The van der Waals surface area contributed by atoms with Gasteiger partial charge in [-0.15, -0.1) is 0 Å². The molecule has 43 heavy (non-hydrogen) atoms. The lowest BCUT2D eigenvalue weighted by Gasteiger charge is -2.19. The van der Waals surface area contributed by atoms with Gasteiger partial charge < -0.3 is 15.5 Å². The Balaban J connectivity index is 3.70. The van der Waals surface area contributed by atoms with E-state index in [0.717, 1.165) is 51.4 Å². The second-order valence-corrected chi connectivity index (χ2v) is 12.3. The minimum Gasteiger partial charge on any atom is -0.394 e. The molecule has 0 bridgehead atoms. The van der Waals surface area contributed by atoms with Gasteiger partial charge in [0.25, 0.3) is 0 Å². The smallest absolute Gasteiger partial charge is 0.220 e. The van der Waals surface area contributed by atoms with E-state index in [0.29, 0.717) is 6.42 Å². The van der Waals surface area contributed by atoms with Crippen LogP contribution in [0, 0.1) is 0 Å². The van der Waals surface area contributed by atoms with Crippen molar-refractivity contribution in [3.63, 3.8) is 0 Å². The maximum atomic E-state index is 12.3. The van der Waals surface area contributed by atoms with E-state index in [1.54, 1.807) is 6.08 Å². The first-order valence-electron chi connectivity index (χ1n) is 18.4. The summed E-state index contributed by atoms with van der Waals surface area (Å²) in [5, 5.41) is 22.8. The highest BCUT2D eigenvalue weighted by molar-refractivity contribution is 5.76. The van der Waals surface area contributed by atoms with Crippen LogP contribution in [0.25, 0.3) is 0 Å². The number of allylic oxidation sites excluding steroid dienone is 7. The number of hydrogen-bond donors (Lipinski definition) is 3. The van der Waals surface area contributed by atoms with E-state index in [1.165, 1.54) is 103 Å². The molecule has 0 saturated heterocycles. The number of carbonyl (C=O) groups is 1. The fraction of sp³-hybridized carbons (Fsp3) is 0.769. The zero-order valence-electron chi connectivity index (χ0n) is 28.5. The van der Waals surface area contributed by atoms with E-state index in [4.69, 9.17) is 0 Å². The highest BCUT2D eigenvalue weighted by Gasteiger charge is 2.17. The Kier molecular flexibility index (Phi) is 33.5. The number of aliphatic hydroxyl groups is 2. The SMILES string of the molecule is CCC/C=C\C/C=C\CCCCCCCC(=O)NC(CO)C(O)/C=C/CC/C=C/CCCCCCCCCCCCCC. The number of carbonyl (C=O) groups excluding carboxylic acids is 1. The van der Waals surface area contributed by atoms with Crippen LogP contribution in [0.2, 0.25) is 0 Å².